The van der Waals surface area contributed by atoms with Gasteiger partial charge >= 0.3 is 11.9 Å². The van der Waals surface area contributed by atoms with Gasteiger partial charge in [-0.25, -0.2) is 0 Å². The molecule has 0 heterocycles. The van der Waals surface area contributed by atoms with E-state index in [1.165, 1.54) is 23.3 Å². The molecule has 2 aliphatic carbocycles. The molecule has 1 aromatic rings. The van der Waals surface area contributed by atoms with Crippen molar-refractivity contribution in [3.8, 4) is 5.75 Å². The number of carbonyl (C=O) groups is 2. The fraction of sp³-hybridized carbons (Fsp3) is 0.524. The molecule has 4 nitrogen and oxygen atoms in total. The molecule has 0 bridgehead atoms. The Morgan fingerprint density at radius 1 is 0.960 bits per heavy atom. The smallest absolute Gasteiger partial charge is 0.549 e. The number of ether oxygens (including phenoxy) is 1. The topological polar surface area (TPSA) is 66.3 Å². The summed E-state index contributed by atoms with van der Waals surface area (Å²) in [4.78, 5) is 23.7. The second-order valence-corrected chi connectivity index (χ2v) is 8.60. The molecule has 0 aliphatic heterocycles. The SMILES string of the molecule is CC1(C)CCC(C)(C)C2=C1CC(C(=O)Oc1ccc(C(=O)[OH2+])cc1)C2. The number of allylic oxidation sites excluding steroid dienone is 2. The van der Waals surface area contributed by atoms with Gasteiger partial charge in [-0.15, -0.1) is 0 Å². The van der Waals surface area contributed by atoms with Crippen molar-refractivity contribution in [2.45, 2.75) is 53.4 Å². The molecule has 25 heavy (non-hydrogen) atoms. The van der Waals surface area contributed by atoms with E-state index in [1.807, 2.05) is 0 Å². The Morgan fingerprint density at radius 3 is 1.88 bits per heavy atom. The van der Waals surface area contributed by atoms with E-state index in [2.05, 4.69) is 27.7 Å². The number of hydrogen-bond donors (Lipinski definition) is 0. The minimum Gasteiger partial charge on any atom is -0.561 e. The van der Waals surface area contributed by atoms with E-state index in [0.29, 0.717) is 11.3 Å². The van der Waals surface area contributed by atoms with Crippen LogP contribution in [0.15, 0.2) is 35.4 Å². The lowest BCUT2D eigenvalue weighted by atomic mass is 9.64. The van der Waals surface area contributed by atoms with Crippen molar-refractivity contribution in [3.05, 3.63) is 41.0 Å². The minimum atomic E-state index is -0.741. The van der Waals surface area contributed by atoms with E-state index < -0.39 is 5.97 Å². The van der Waals surface area contributed by atoms with E-state index in [4.69, 9.17) is 9.84 Å². The minimum absolute atomic E-state index is 0.126. The van der Waals surface area contributed by atoms with Crippen LogP contribution in [0.3, 0.4) is 0 Å². The van der Waals surface area contributed by atoms with E-state index >= 15 is 0 Å². The van der Waals surface area contributed by atoms with E-state index in [-0.39, 0.29) is 22.7 Å². The van der Waals surface area contributed by atoms with Gasteiger partial charge in [0.2, 0.25) is 0 Å². The third-order valence-corrected chi connectivity index (χ3v) is 5.94. The Labute approximate surface area is 148 Å². The molecule has 134 valence electrons. The first kappa shape index (κ1) is 17.7. The second-order valence-electron chi connectivity index (χ2n) is 8.60. The van der Waals surface area contributed by atoms with Crippen LogP contribution < -0.4 is 4.74 Å². The predicted octanol–water partition coefficient (Wildman–Crippen LogP) is 4.01. The fourth-order valence-corrected chi connectivity index (χ4v) is 4.15. The summed E-state index contributed by atoms with van der Waals surface area (Å²) in [7, 11) is 0. The quantitative estimate of drug-likeness (QED) is 0.360. The first-order valence-electron chi connectivity index (χ1n) is 8.91. The summed E-state index contributed by atoms with van der Waals surface area (Å²) in [5.74, 6) is -0.640. The zero-order chi connectivity index (χ0) is 18.4. The van der Waals surface area contributed by atoms with Crippen LogP contribution in [0.2, 0.25) is 0 Å². The van der Waals surface area contributed by atoms with Gasteiger partial charge in [0.1, 0.15) is 11.3 Å². The lowest BCUT2D eigenvalue weighted by molar-refractivity contribution is -0.138. The maximum Gasteiger partial charge on any atom is 0.549 e. The highest BCUT2D eigenvalue weighted by Crippen LogP contribution is 2.56. The predicted molar refractivity (Wildman–Crippen MR) is 96.6 cm³/mol. The van der Waals surface area contributed by atoms with Crippen molar-refractivity contribution in [1.29, 1.82) is 0 Å². The summed E-state index contributed by atoms with van der Waals surface area (Å²) >= 11 is 0. The summed E-state index contributed by atoms with van der Waals surface area (Å²) in [6.07, 6.45) is 3.88. The molecule has 0 saturated heterocycles. The Kier molecular flexibility index (Phi) is 4.26. The van der Waals surface area contributed by atoms with Gasteiger partial charge in [-0.2, -0.15) is 0 Å². The van der Waals surface area contributed by atoms with Gasteiger partial charge in [0, 0.05) is 4.79 Å². The molecule has 0 aromatic heterocycles. The molecule has 1 aromatic carbocycles. The Bertz CT molecular complexity index is 710. The van der Waals surface area contributed by atoms with Crippen molar-refractivity contribution in [3.63, 3.8) is 0 Å². The summed E-state index contributed by atoms with van der Waals surface area (Å²) in [5, 5.41) is 7.08. The van der Waals surface area contributed by atoms with Crippen molar-refractivity contribution in [2.24, 2.45) is 16.7 Å². The molecule has 0 radical (unpaired) electrons. The van der Waals surface area contributed by atoms with Crippen LogP contribution in [0.1, 0.15) is 63.7 Å². The van der Waals surface area contributed by atoms with Crippen LogP contribution in [-0.4, -0.2) is 17.0 Å². The highest BCUT2D eigenvalue weighted by atomic mass is 16.5. The van der Waals surface area contributed by atoms with Crippen LogP contribution in [0.5, 0.6) is 5.75 Å². The Morgan fingerprint density at radius 2 is 1.44 bits per heavy atom. The first-order chi connectivity index (χ1) is 11.6. The number of hydrogen-bond acceptors (Lipinski definition) is 3. The van der Waals surface area contributed by atoms with Crippen LogP contribution in [0.4, 0.5) is 0 Å². The van der Waals surface area contributed by atoms with Gasteiger partial charge in [-0.3, -0.25) is 4.79 Å². The third-order valence-electron chi connectivity index (χ3n) is 5.94. The monoisotopic (exact) mass is 343 g/mol. The van der Waals surface area contributed by atoms with E-state index in [0.717, 1.165) is 25.7 Å². The Balaban J connectivity index is 1.72. The van der Waals surface area contributed by atoms with E-state index in [9.17, 15) is 9.59 Å². The van der Waals surface area contributed by atoms with Crippen molar-refractivity contribution in [1.82, 2.24) is 0 Å². The molecular weight excluding hydrogens is 316 g/mol. The number of benzene rings is 1. The van der Waals surface area contributed by atoms with Gasteiger partial charge in [-0.1, -0.05) is 38.8 Å². The van der Waals surface area contributed by atoms with Crippen LogP contribution >= 0.6 is 0 Å². The average molecular weight is 343 g/mol. The zero-order valence-corrected chi connectivity index (χ0v) is 15.4. The molecule has 2 N–H and O–H groups in total. The standard InChI is InChI=1S/C21H26O4/c1-20(2)9-10-21(3,4)17-12-14(11-16(17)20)19(24)25-15-7-5-13(6-8-15)18(22)23/h5-8,14H,9-12H2,1-4H3,(H,22,23)/p+1. The molecular formula is C21H27O4+. The van der Waals surface area contributed by atoms with Gasteiger partial charge in [-0.05, 0) is 60.8 Å². The van der Waals surface area contributed by atoms with Crippen molar-refractivity contribution in [2.75, 3.05) is 0 Å². The van der Waals surface area contributed by atoms with Gasteiger partial charge < -0.3 is 9.84 Å². The van der Waals surface area contributed by atoms with Crippen molar-refractivity contribution < 1.29 is 19.4 Å². The number of rotatable bonds is 3. The van der Waals surface area contributed by atoms with Crippen molar-refractivity contribution >= 4 is 11.9 Å². The number of esters is 1. The maximum atomic E-state index is 12.6. The second kappa shape index (κ2) is 6.01. The molecule has 0 spiro atoms. The highest BCUT2D eigenvalue weighted by molar-refractivity contribution is 5.87. The summed E-state index contributed by atoms with van der Waals surface area (Å²) in [6.45, 7) is 9.12. The molecule has 0 fully saturated rings. The average Bonchev–Trinajstić information content (AvgIpc) is 3.00. The van der Waals surface area contributed by atoms with Crippen LogP contribution in [-0.2, 0) is 4.79 Å². The fourth-order valence-electron chi connectivity index (χ4n) is 4.15. The zero-order valence-electron chi connectivity index (χ0n) is 15.4. The van der Waals surface area contributed by atoms with Gasteiger partial charge in [0.05, 0.1) is 5.92 Å². The number of carbonyl (C=O) groups excluding carboxylic acids is 2. The molecule has 4 heteroatoms. The van der Waals surface area contributed by atoms with Gasteiger partial charge in [0.25, 0.3) is 0 Å². The Hall–Kier alpha value is -2.10. The van der Waals surface area contributed by atoms with Gasteiger partial charge in [0.15, 0.2) is 0 Å². The largest absolute Gasteiger partial charge is 0.561 e. The lowest BCUT2D eigenvalue weighted by Crippen LogP contribution is -2.28. The van der Waals surface area contributed by atoms with Crippen LogP contribution in [0.25, 0.3) is 0 Å². The molecule has 0 saturated carbocycles. The molecule has 0 amide bonds. The summed E-state index contributed by atoms with van der Waals surface area (Å²) in [6, 6.07) is 6.19. The normalized spacial score (nSPS) is 21.8. The molecule has 3 rings (SSSR count). The maximum absolute atomic E-state index is 12.6. The molecule has 0 unspecified atom stereocenters. The first-order valence-corrected chi connectivity index (χ1v) is 8.91. The summed E-state index contributed by atoms with van der Waals surface area (Å²) in [5.41, 5.74) is 3.51. The third kappa shape index (κ3) is 3.35. The summed E-state index contributed by atoms with van der Waals surface area (Å²) < 4.78 is 5.54. The molecule has 0 atom stereocenters. The highest BCUT2D eigenvalue weighted by Gasteiger charge is 2.45. The van der Waals surface area contributed by atoms with E-state index in [1.54, 1.807) is 12.1 Å². The lowest BCUT2D eigenvalue weighted by Gasteiger charge is -2.41. The van der Waals surface area contributed by atoms with Crippen LogP contribution in [0, 0.1) is 16.7 Å². The molecule has 2 aliphatic rings.